The predicted octanol–water partition coefficient (Wildman–Crippen LogP) is 3.45. The van der Waals surface area contributed by atoms with Gasteiger partial charge in [-0.3, -0.25) is 4.79 Å². The van der Waals surface area contributed by atoms with Crippen LogP contribution in [0.25, 0.3) is 0 Å². The van der Waals surface area contributed by atoms with Crippen LogP contribution >= 0.6 is 15.9 Å². The van der Waals surface area contributed by atoms with Crippen molar-refractivity contribution in [3.8, 4) is 0 Å². The maximum atomic E-state index is 13.7. The number of hydrogen-bond acceptors (Lipinski definition) is 1. The van der Waals surface area contributed by atoms with Gasteiger partial charge in [0.15, 0.2) is 0 Å². The molecule has 3 heteroatoms. The number of carbonyl (C=O) groups is 1. The molecule has 0 amide bonds. The third-order valence-electron chi connectivity index (χ3n) is 2.51. The molecular weight excluding hydrogens is 247 g/mol. The smallest absolute Gasteiger partial charge is 0.141 e. The molecule has 0 heterocycles. The summed E-state index contributed by atoms with van der Waals surface area (Å²) in [6.45, 7) is 4.92. The highest BCUT2D eigenvalue weighted by Crippen LogP contribution is 2.30. The molecule has 1 rings (SSSR count). The molecule has 0 radical (unpaired) electrons. The number of rotatable bonds is 2. The Hall–Kier alpha value is -0.700. The molecule has 76 valence electrons. The number of hydrogen-bond donors (Lipinski definition) is 0. The van der Waals surface area contributed by atoms with Gasteiger partial charge >= 0.3 is 0 Å². The van der Waals surface area contributed by atoms with Gasteiger partial charge in [0.25, 0.3) is 0 Å². The third kappa shape index (κ3) is 1.87. The van der Waals surface area contributed by atoms with Gasteiger partial charge in [-0.2, -0.15) is 0 Å². The second-order valence-corrected chi connectivity index (χ2v) is 4.64. The number of ketones is 1. The van der Waals surface area contributed by atoms with Gasteiger partial charge in [0.05, 0.1) is 9.89 Å². The minimum Gasteiger partial charge on any atom is -0.299 e. The Labute approximate surface area is 91.5 Å². The zero-order chi connectivity index (χ0) is 10.9. The molecule has 14 heavy (non-hydrogen) atoms. The van der Waals surface area contributed by atoms with Crippen molar-refractivity contribution in [2.75, 3.05) is 0 Å². The summed E-state index contributed by atoms with van der Waals surface area (Å²) in [5.74, 6) is -0.401. The summed E-state index contributed by atoms with van der Waals surface area (Å²) in [7, 11) is 0. The Balaban J connectivity index is 3.33. The van der Waals surface area contributed by atoms with Crippen LogP contribution in [0, 0.1) is 5.82 Å². The summed E-state index contributed by atoms with van der Waals surface area (Å²) < 4.78 is 14.1. The fourth-order valence-electron chi connectivity index (χ4n) is 1.18. The van der Waals surface area contributed by atoms with Crippen LogP contribution in [0.5, 0.6) is 0 Å². The Morgan fingerprint density at radius 1 is 1.43 bits per heavy atom. The van der Waals surface area contributed by atoms with Crippen molar-refractivity contribution in [3.63, 3.8) is 0 Å². The normalized spacial score (nSPS) is 11.5. The van der Waals surface area contributed by atoms with Gasteiger partial charge in [-0.25, -0.2) is 4.39 Å². The predicted molar refractivity (Wildman–Crippen MR) is 57.8 cm³/mol. The number of benzene rings is 1. The third-order valence-corrected chi connectivity index (χ3v) is 3.12. The first kappa shape index (κ1) is 11.4. The molecule has 0 spiro atoms. The largest absolute Gasteiger partial charge is 0.299 e. The summed E-state index contributed by atoms with van der Waals surface area (Å²) in [5.41, 5.74) is -0.340. The standard InChI is InChI=1S/C11H12BrFO/c1-7(14)11(2,3)8-5-4-6-9(12)10(8)13/h4-6H,1-3H3. The van der Waals surface area contributed by atoms with Crippen LogP contribution in [0.1, 0.15) is 26.3 Å². The molecule has 0 aliphatic heterocycles. The molecule has 0 fully saturated rings. The van der Waals surface area contributed by atoms with Crippen molar-refractivity contribution in [1.82, 2.24) is 0 Å². The Morgan fingerprint density at radius 3 is 2.50 bits per heavy atom. The molecule has 0 atom stereocenters. The lowest BCUT2D eigenvalue weighted by Crippen LogP contribution is -2.27. The SMILES string of the molecule is CC(=O)C(C)(C)c1cccc(Br)c1F. The van der Waals surface area contributed by atoms with E-state index in [1.54, 1.807) is 32.0 Å². The van der Waals surface area contributed by atoms with Crippen molar-refractivity contribution in [3.05, 3.63) is 34.1 Å². The number of carbonyl (C=O) groups excluding carboxylic acids is 1. The van der Waals surface area contributed by atoms with Gasteiger partial charge in [-0.15, -0.1) is 0 Å². The molecule has 0 aliphatic carbocycles. The zero-order valence-corrected chi connectivity index (χ0v) is 9.98. The van der Waals surface area contributed by atoms with Gasteiger partial charge in [-0.1, -0.05) is 12.1 Å². The molecule has 0 aromatic heterocycles. The first-order valence-corrected chi connectivity index (χ1v) is 5.12. The monoisotopic (exact) mass is 258 g/mol. The molecule has 1 aromatic carbocycles. The molecule has 0 N–H and O–H groups in total. The first-order chi connectivity index (χ1) is 6.37. The van der Waals surface area contributed by atoms with Crippen LogP contribution in [-0.2, 0) is 10.2 Å². The maximum Gasteiger partial charge on any atom is 0.141 e. The van der Waals surface area contributed by atoms with Crippen molar-refractivity contribution >= 4 is 21.7 Å². The highest BCUT2D eigenvalue weighted by atomic mass is 79.9. The zero-order valence-electron chi connectivity index (χ0n) is 8.40. The molecule has 1 nitrogen and oxygen atoms in total. The molecule has 0 saturated heterocycles. The lowest BCUT2D eigenvalue weighted by molar-refractivity contribution is -0.121. The lowest BCUT2D eigenvalue weighted by Gasteiger charge is -2.22. The quantitative estimate of drug-likeness (QED) is 0.794. The van der Waals surface area contributed by atoms with Crippen LogP contribution in [0.4, 0.5) is 4.39 Å². The maximum absolute atomic E-state index is 13.7. The van der Waals surface area contributed by atoms with Crippen molar-refractivity contribution in [1.29, 1.82) is 0 Å². The van der Waals surface area contributed by atoms with Crippen LogP contribution in [0.2, 0.25) is 0 Å². The van der Waals surface area contributed by atoms with Crippen LogP contribution in [-0.4, -0.2) is 5.78 Å². The molecule has 1 aromatic rings. The Kier molecular flexibility index (Phi) is 3.10. The molecule has 0 bridgehead atoms. The van der Waals surface area contributed by atoms with Crippen molar-refractivity contribution in [2.45, 2.75) is 26.2 Å². The van der Waals surface area contributed by atoms with Gasteiger partial charge < -0.3 is 0 Å². The van der Waals surface area contributed by atoms with E-state index in [2.05, 4.69) is 15.9 Å². The summed E-state index contributed by atoms with van der Waals surface area (Å²) in [4.78, 5) is 11.3. The van der Waals surface area contributed by atoms with E-state index in [9.17, 15) is 9.18 Å². The molecular formula is C11H12BrFO. The van der Waals surface area contributed by atoms with Crippen molar-refractivity contribution < 1.29 is 9.18 Å². The van der Waals surface area contributed by atoms with Gasteiger partial charge in [0.2, 0.25) is 0 Å². The van der Waals surface area contributed by atoms with E-state index < -0.39 is 5.41 Å². The van der Waals surface area contributed by atoms with E-state index >= 15 is 0 Å². The first-order valence-electron chi connectivity index (χ1n) is 4.33. The van der Waals surface area contributed by atoms with E-state index in [0.29, 0.717) is 10.0 Å². The second-order valence-electron chi connectivity index (χ2n) is 3.78. The summed E-state index contributed by atoms with van der Waals surface area (Å²) in [6.07, 6.45) is 0. The fraction of sp³-hybridized carbons (Fsp3) is 0.364. The molecule has 0 saturated carbocycles. The summed E-state index contributed by atoms with van der Waals surface area (Å²) >= 11 is 3.10. The van der Waals surface area contributed by atoms with Gasteiger partial charge in [0, 0.05) is 5.56 Å². The van der Waals surface area contributed by atoms with Crippen molar-refractivity contribution in [2.24, 2.45) is 0 Å². The van der Waals surface area contributed by atoms with E-state index in [4.69, 9.17) is 0 Å². The lowest BCUT2D eigenvalue weighted by atomic mass is 9.81. The van der Waals surface area contributed by atoms with Gasteiger partial charge in [0.1, 0.15) is 11.6 Å². The highest BCUT2D eigenvalue weighted by molar-refractivity contribution is 9.10. The van der Waals surface area contributed by atoms with E-state index in [1.165, 1.54) is 6.92 Å². The van der Waals surface area contributed by atoms with Crippen LogP contribution < -0.4 is 0 Å². The van der Waals surface area contributed by atoms with Crippen LogP contribution in [0.15, 0.2) is 22.7 Å². The Morgan fingerprint density at radius 2 is 2.00 bits per heavy atom. The van der Waals surface area contributed by atoms with E-state index in [1.807, 2.05) is 0 Å². The molecule has 0 unspecified atom stereocenters. The van der Waals surface area contributed by atoms with E-state index in [0.717, 1.165) is 0 Å². The molecule has 0 aliphatic rings. The topological polar surface area (TPSA) is 17.1 Å². The second kappa shape index (κ2) is 3.81. The highest BCUT2D eigenvalue weighted by Gasteiger charge is 2.29. The Bertz CT molecular complexity index is 372. The van der Waals surface area contributed by atoms with Crippen LogP contribution in [0.3, 0.4) is 0 Å². The number of halogens is 2. The fourth-order valence-corrected chi connectivity index (χ4v) is 1.54. The minimum absolute atomic E-state index is 0.0468. The van der Waals surface area contributed by atoms with Gasteiger partial charge in [-0.05, 0) is 42.8 Å². The average Bonchev–Trinajstić information content (AvgIpc) is 2.09. The minimum atomic E-state index is -0.770. The summed E-state index contributed by atoms with van der Waals surface area (Å²) in [5, 5.41) is 0. The summed E-state index contributed by atoms with van der Waals surface area (Å²) in [6, 6.07) is 4.99. The van der Waals surface area contributed by atoms with E-state index in [-0.39, 0.29) is 11.6 Å². The number of Topliss-reactive ketones (excluding diaryl/α,β-unsaturated/α-hetero) is 1. The average molecular weight is 259 g/mol.